The molecule has 0 bridgehead atoms. The van der Waals surface area contributed by atoms with E-state index in [1.54, 1.807) is 0 Å². The Morgan fingerprint density at radius 3 is 2.42 bits per heavy atom. The molecule has 1 rings (SSSR count). The quantitative estimate of drug-likeness (QED) is 0.796. The molecule has 0 aliphatic rings. The SMILES string of the molecule is C/C=C(\C=C(/C)[C@H](NC(=O)CO)C(C)(C)C)c1cc(C)ccc1C. The van der Waals surface area contributed by atoms with Crippen molar-refractivity contribution in [3.63, 3.8) is 0 Å². The van der Waals surface area contributed by atoms with E-state index in [-0.39, 0.29) is 17.4 Å². The second-order valence-electron chi connectivity index (χ2n) is 7.48. The maximum absolute atomic E-state index is 11.7. The summed E-state index contributed by atoms with van der Waals surface area (Å²) in [6.45, 7) is 14.0. The second-order valence-corrected chi connectivity index (χ2v) is 7.48. The third-order valence-corrected chi connectivity index (χ3v) is 4.17. The van der Waals surface area contributed by atoms with Gasteiger partial charge in [0.25, 0.3) is 0 Å². The Morgan fingerprint density at radius 1 is 1.29 bits per heavy atom. The number of carbonyl (C=O) groups is 1. The summed E-state index contributed by atoms with van der Waals surface area (Å²) in [7, 11) is 0. The summed E-state index contributed by atoms with van der Waals surface area (Å²) in [4.78, 5) is 11.7. The molecule has 1 aromatic rings. The molecule has 0 aliphatic carbocycles. The van der Waals surface area contributed by atoms with Crippen molar-refractivity contribution in [1.29, 1.82) is 0 Å². The molecular weight excluding hydrogens is 298 g/mol. The van der Waals surface area contributed by atoms with Gasteiger partial charge in [-0.1, -0.05) is 56.7 Å². The molecule has 1 aromatic carbocycles. The first kappa shape index (κ1) is 20.2. The fourth-order valence-corrected chi connectivity index (χ4v) is 2.91. The van der Waals surface area contributed by atoms with E-state index in [9.17, 15) is 4.79 Å². The number of benzene rings is 1. The third kappa shape index (κ3) is 5.34. The molecule has 24 heavy (non-hydrogen) atoms. The van der Waals surface area contributed by atoms with E-state index >= 15 is 0 Å². The summed E-state index contributed by atoms with van der Waals surface area (Å²) < 4.78 is 0. The van der Waals surface area contributed by atoms with Gasteiger partial charge in [0.05, 0.1) is 6.04 Å². The minimum Gasteiger partial charge on any atom is -0.387 e. The molecule has 3 heteroatoms. The van der Waals surface area contributed by atoms with E-state index in [0.29, 0.717) is 0 Å². The van der Waals surface area contributed by atoms with Gasteiger partial charge < -0.3 is 10.4 Å². The minimum atomic E-state index is -0.493. The van der Waals surface area contributed by atoms with Gasteiger partial charge in [0, 0.05) is 0 Å². The van der Waals surface area contributed by atoms with E-state index in [2.05, 4.69) is 70.3 Å². The Hall–Kier alpha value is -1.87. The summed E-state index contributed by atoms with van der Waals surface area (Å²) in [5, 5.41) is 12.0. The predicted octanol–water partition coefficient (Wildman–Crippen LogP) is 4.18. The Balaban J connectivity index is 3.26. The molecule has 0 saturated carbocycles. The Labute approximate surface area is 146 Å². The number of hydrogen-bond donors (Lipinski definition) is 2. The van der Waals surface area contributed by atoms with Crippen LogP contribution in [-0.2, 0) is 4.79 Å². The number of aryl methyl sites for hydroxylation is 2. The van der Waals surface area contributed by atoms with E-state index in [1.807, 2.05) is 13.8 Å². The van der Waals surface area contributed by atoms with Crippen molar-refractivity contribution in [3.8, 4) is 0 Å². The molecule has 0 spiro atoms. The molecule has 132 valence electrons. The highest BCUT2D eigenvalue weighted by Gasteiger charge is 2.27. The van der Waals surface area contributed by atoms with Crippen molar-refractivity contribution in [2.24, 2.45) is 5.41 Å². The molecule has 0 saturated heterocycles. The molecule has 0 unspecified atom stereocenters. The fraction of sp³-hybridized carbons (Fsp3) is 0.476. The molecule has 0 fully saturated rings. The highest BCUT2D eigenvalue weighted by atomic mass is 16.3. The van der Waals surface area contributed by atoms with Gasteiger partial charge in [0.15, 0.2) is 0 Å². The van der Waals surface area contributed by atoms with Crippen LogP contribution in [0.15, 0.2) is 35.9 Å². The highest BCUT2D eigenvalue weighted by Crippen LogP contribution is 2.29. The van der Waals surface area contributed by atoms with Crippen LogP contribution in [0.1, 0.15) is 51.3 Å². The molecule has 0 aromatic heterocycles. The fourth-order valence-electron chi connectivity index (χ4n) is 2.91. The normalized spacial score (nSPS) is 14.5. The van der Waals surface area contributed by atoms with Crippen molar-refractivity contribution < 1.29 is 9.90 Å². The van der Waals surface area contributed by atoms with Crippen LogP contribution < -0.4 is 5.32 Å². The maximum atomic E-state index is 11.7. The molecule has 1 atom stereocenters. The van der Waals surface area contributed by atoms with Gasteiger partial charge in [-0.2, -0.15) is 0 Å². The van der Waals surface area contributed by atoms with Crippen molar-refractivity contribution in [3.05, 3.63) is 52.6 Å². The first-order chi connectivity index (χ1) is 11.1. The molecule has 0 radical (unpaired) electrons. The first-order valence-electron chi connectivity index (χ1n) is 8.42. The Kier molecular flexibility index (Phi) is 6.97. The van der Waals surface area contributed by atoms with Crippen LogP contribution in [0.25, 0.3) is 5.57 Å². The summed E-state index contributed by atoms with van der Waals surface area (Å²) in [5.74, 6) is -0.351. The number of aliphatic hydroxyl groups is 1. The van der Waals surface area contributed by atoms with Crippen LogP contribution >= 0.6 is 0 Å². The second kappa shape index (κ2) is 8.29. The van der Waals surface area contributed by atoms with E-state index in [0.717, 1.165) is 11.1 Å². The lowest BCUT2D eigenvalue weighted by Gasteiger charge is -2.32. The van der Waals surface area contributed by atoms with Gasteiger partial charge in [-0.25, -0.2) is 0 Å². The van der Waals surface area contributed by atoms with Crippen LogP contribution in [0.5, 0.6) is 0 Å². The van der Waals surface area contributed by atoms with Gasteiger partial charge in [-0.3, -0.25) is 4.79 Å². The summed E-state index contributed by atoms with van der Waals surface area (Å²) in [5.41, 5.74) is 5.72. The number of rotatable bonds is 5. The average Bonchev–Trinajstić information content (AvgIpc) is 2.51. The van der Waals surface area contributed by atoms with Crippen LogP contribution in [-0.4, -0.2) is 23.7 Å². The smallest absolute Gasteiger partial charge is 0.246 e. The third-order valence-electron chi connectivity index (χ3n) is 4.17. The molecule has 2 N–H and O–H groups in total. The Morgan fingerprint density at radius 2 is 1.92 bits per heavy atom. The lowest BCUT2D eigenvalue weighted by molar-refractivity contribution is -0.124. The van der Waals surface area contributed by atoms with Crippen LogP contribution in [0.2, 0.25) is 0 Å². The number of amides is 1. The van der Waals surface area contributed by atoms with Crippen molar-refractivity contribution in [2.75, 3.05) is 6.61 Å². The van der Waals surface area contributed by atoms with Gasteiger partial charge in [-0.05, 0) is 55.4 Å². The van der Waals surface area contributed by atoms with E-state index < -0.39 is 6.61 Å². The average molecular weight is 329 g/mol. The van der Waals surface area contributed by atoms with E-state index in [1.165, 1.54) is 16.7 Å². The van der Waals surface area contributed by atoms with Crippen molar-refractivity contribution >= 4 is 11.5 Å². The predicted molar refractivity (Wildman–Crippen MR) is 102 cm³/mol. The molecule has 1 amide bonds. The topological polar surface area (TPSA) is 49.3 Å². The van der Waals surface area contributed by atoms with Gasteiger partial charge in [0.1, 0.15) is 6.61 Å². The first-order valence-corrected chi connectivity index (χ1v) is 8.42. The monoisotopic (exact) mass is 329 g/mol. The largest absolute Gasteiger partial charge is 0.387 e. The van der Waals surface area contributed by atoms with Crippen molar-refractivity contribution in [1.82, 2.24) is 5.32 Å². The number of hydrogen-bond acceptors (Lipinski definition) is 2. The summed E-state index contributed by atoms with van der Waals surface area (Å²) in [6.07, 6.45) is 4.23. The van der Waals surface area contributed by atoms with Gasteiger partial charge in [-0.15, -0.1) is 0 Å². The maximum Gasteiger partial charge on any atom is 0.246 e. The zero-order valence-electron chi connectivity index (χ0n) is 16.0. The Bertz CT molecular complexity index is 648. The molecule has 3 nitrogen and oxygen atoms in total. The van der Waals surface area contributed by atoms with E-state index in [4.69, 9.17) is 5.11 Å². The summed E-state index contributed by atoms with van der Waals surface area (Å²) >= 11 is 0. The lowest BCUT2D eigenvalue weighted by atomic mass is 9.81. The zero-order chi connectivity index (χ0) is 18.5. The minimum absolute atomic E-state index is 0.141. The molecule has 0 aliphatic heterocycles. The van der Waals surface area contributed by atoms with Gasteiger partial charge >= 0.3 is 0 Å². The van der Waals surface area contributed by atoms with Crippen LogP contribution in [0, 0.1) is 19.3 Å². The van der Waals surface area contributed by atoms with Gasteiger partial charge in [0.2, 0.25) is 5.91 Å². The number of aliphatic hydroxyl groups excluding tert-OH is 1. The van der Waals surface area contributed by atoms with Crippen LogP contribution in [0.4, 0.5) is 0 Å². The lowest BCUT2D eigenvalue weighted by Crippen LogP contribution is -2.45. The van der Waals surface area contributed by atoms with Crippen molar-refractivity contribution in [2.45, 2.75) is 54.5 Å². The molecular formula is C21H31NO2. The zero-order valence-corrected chi connectivity index (χ0v) is 16.0. The standard InChI is InChI=1S/C21H31NO2/c1-8-17(18-11-14(2)9-10-15(18)3)12-16(4)20(21(5,6)7)22-19(24)13-23/h8-12,20,23H,13H2,1-7H3,(H,22,24)/b16-12+,17-8+/t20-/m0/s1. The summed E-state index contributed by atoms with van der Waals surface area (Å²) in [6, 6.07) is 6.29. The molecule has 0 heterocycles. The number of carbonyl (C=O) groups excluding carboxylic acids is 1. The number of nitrogens with one attached hydrogen (secondary N) is 1. The van der Waals surface area contributed by atoms with Crippen LogP contribution in [0.3, 0.4) is 0 Å². The number of allylic oxidation sites excluding steroid dienone is 3. The highest BCUT2D eigenvalue weighted by molar-refractivity contribution is 5.79.